The highest BCUT2D eigenvalue weighted by Gasteiger charge is 2.52. The van der Waals surface area contributed by atoms with Gasteiger partial charge in [0.05, 0.1) is 12.3 Å². The summed E-state index contributed by atoms with van der Waals surface area (Å²) in [5.41, 5.74) is 0. The fourth-order valence-electron chi connectivity index (χ4n) is 3.48. The molecule has 0 aromatic carbocycles. The van der Waals surface area contributed by atoms with E-state index in [1.807, 2.05) is 11.5 Å². The second kappa shape index (κ2) is 7.15. The Balaban J connectivity index is 1.71. The van der Waals surface area contributed by atoms with Crippen LogP contribution in [0.3, 0.4) is 0 Å². The summed E-state index contributed by atoms with van der Waals surface area (Å²) in [6, 6.07) is -0.684. The molecule has 4 amide bonds. The smallest absolute Gasteiger partial charge is 0.353 e. The van der Waals surface area contributed by atoms with E-state index in [4.69, 9.17) is 0 Å². The normalized spacial score (nSPS) is 24.1. The van der Waals surface area contributed by atoms with Crippen molar-refractivity contribution in [3.8, 4) is 0 Å². The average molecular weight is 366 g/mol. The van der Waals surface area contributed by atoms with Crippen LogP contribution < -0.4 is 5.32 Å². The number of fused-ring (bicyclic) bond motifs is 1. The first kappa shape index (κ1) is 17.9. The van der Waals surface area contributed by atoms with Crippen LogP contribution in [0.2, 0.25) is 0 Å². The van der Waals surface area contributed by atoms with Crippen LogP contribution in [0.15, 0.2) is 4.99 Å². The average Bonchev–Trinajstić information content (AvgIpc) is 3.23. The minimum absolute atomic E-state index is 0.0107. The summed E-state index contributed by atoms with van der Waals surface area (Å²) in [4.78, 5) is 43.7. The molecule has 2 heterocycles. The Bertz CT molecular complexity index is 669. The number of amidine groups is 2. The molecule has 0 radical (unpaired) electrons. The van der Waals surface area contributed by atoms with Crippen LogP contribution in [0.5, 0.6) is 0 Å². The maximum absolute atomic E-state index is 12.5. The third-order valence-corrected chi connectivity index (χ3v) is 5.88. The predicted molar refractivity (Wildman–Crippen MR) is 95.8 cm³/mol. The number of nitrogens with zero attached hydrogens (tertiary/aromatic N) is 4. The van der Waals surface area contributed by atoms with Crippen molar-refractivity contribution in [3.05, 3.63) is 0 Å². The maximum Gasteiger partial charge on any atom is 0.358 e. The van der Waals surface area contributed by atoms with Crippen molar-refractivity contribution in [2.75, 3.05) is 26.4 Å². The van der Waals surface area contributed by atoms with Gasteiger partial charge in [0.25, 0.3) is 17.8 Å². The highest BCUT2D eigenvalue weighted by molar-refractivity contribution is 8.14. The van der Waals surface area contributed by atoms with E-state index in [0.717, 1.165) is 17.7 Å². The van der Waals surface area contributed by atoms with Crippen molar-refractivity contribution >= 4 is 40.6 Å². The number of imide groups is 1. The SMILES string of the molecule is CC[N+]1=C(SCC(=O)NC2CCCC2)N=C2C1C(=O)N(C)C(=O)N2C. The second-order valence-electron chi connectivity index (χ2n) is 6.52. The van der Waals surface area contributed by atoms with Gasteiger partial charge in [0.1, 0.15) is 0 Å². The first-order valence-corrected chi connectivity index (χ1v) is 9.62. The summed E-state index contributed by atoms with van der Waals surface area (Å²) in [6.45, 7) is 2.51. The van der Waals surface area contributed by atoms with Crippen molar-refractivity contribution in [3.63, 3.8) is 0 Å². The molecule has 9 heteroatoms. The van der Waals surface area contributed by atoms with Crippen molar-refractivity contribution in [2.45, 2.75) is 44.7 Å². The predicted octanol–water partition coefficient (Wildman–Crippen LogP) is 0.471. The van der Waals surface area contributed by atoms with E-state index in [1.165, 1.54) is 36.6 Å². The van der Waals surface area contributed by atoms with Crippen molar-refractivity contribution in [2.24, 2.45) is 4.99 Å². The Labute approximate surface area is 151 Å². The molecule has 1 saturated carbocycles. The molecule has 0 aromatic heterocycles. The van der Waals surface area contributed by atoms with Crippen molar-refractivity contribution in [1.82, 2.24) is 15.1 Å². The molecular formula is C16H24N5O3S+. The number of thioether (sulfide) groups is 1. The molecule has 2 fully saturated rings. The summed E-state index contributed by atoms with van der Waals surface area (Å²) in [6.07, 6.45) is 4.44. The van der Waals surface area contributed by atoms with E-state index in [9.17, 15) is 14.4 Å². The first-order valence-electron chi connectivity index (χ1n) is 8.63. The quantitative estimate of drug-likeness (QED) is 0.733. The van der Waals surface area contributed by atoms with Gasteiger partial charge in [0.2, 0.25) is 5.91 Å². The minimum atomic E-state index is -0.585. The van der Waals surface area contributed by atoms with Crippen LogP contribution in [0.25, 0.3) is 0 Å². The number of likely N-dealkylation sites (N-methyl/N-ethyl adjacent to an activating group) is 3. The zero-order valence-corrected chi connectivity index (χ0v) is 15.6. The van der Waals surface area contributed by atoms with E-state index in [0.29, 0.717) is 17.5 Å². The van der Waals surface area contributed by atoms with Gasteiger partial charge in [0, 0.05) is 20.1 Å². The Kier molecular flexibility index (Phi) is 5.12. The molecule has 8 nitrogen and oxygen atoms in total. The van der Waals surface area contributed by atoms with Gasteiger partial charge >= 0.3 is 11.2 Å². The fraction of sp³-hybridized carbons (Fsp3) is 0.688. The summed E-state index contributed by atoms with van der Waals surface area (Å²) >= 11 is 1.32. The number of hydrogen-bond donors (Lipinski definition) is 1. The van der Waals surface area contributed by atoms with Crippen molar-refractivity contribution in [1.29, 1.82) is 0 Å². The second-order valence-corrected chi connectivity index (χ2v) is 7.46. The Morgan fingerprint density at radius 3 is 2.60 bits per heavy atom. The fourth-order valence-corrected chi connectivity index (χ4v) is 4.38. The molecule has 136 valence electrons. The lowest BCUT2D eigenvalue weighted by Gasteiger charge is -2.30. The first-order chi connectivity index (χ1) is 11.9. The molecule has 1 atom stereocenters. The number of hydrogen-bond acceptors (Lipinski definition) is 5. The van der Waals surface area contributed by atoms with E-state index in [-0.39, 0.29) is 29.6 Å². The van der Waals surface area contributed by atoms with Crippen LogP contribution in [0.4, 0.5) is 4.79 Å². The van der Waals surface area contributed by atoms with Crippen molar-refractivity contribution < 1.29 is 19.0 Å². The highest BCUT2D eigenvalue weighted by atomic mass is 32.2. The van der Waals surface area contributed by atoms with E-state index < -0.39 is 6.04 Å². The van der Waals surface area contributed by atoms with Crippen LogP contribution in [-0.2, 0) is 9.59 Å². The van der Waals surface area contributed by atoms with Crippen LogP contribution in [0, 0.1) is 0 Å². The Hall–Kier alpha value is -1.90. The van der Waals surface area contributed by atoms with Gasteiger partial charge in [-0.3, -0.25) is 19.4 Å². The lowest BCUT2D eigenvalue weighted by atomic mass is 10.1. The zero-order valence-electron chi connectivity index (χ0n) is 14.8. The molecule has 0 spiro atoms. The molecule has 1 N–H and O–H groups in total. The molecule has 25 heavy (non-hydrogen) atoms. The lowest BCUT2D eigenvalue weighted by molar-refractivity contribution is -0.529. The van der Waals surface area contributed by atoms with Gasteiger partial charge < -0.3 is 5.32 Å². The van der Waals surface area contributed by atoms with Gasteiger partial charge in [-0.05, 0) is 36.5 Å². The molecule has 1 aliphatic carbocycles. The molecule has 0 aromatic rings. The third-order valence-electron chi connectivity index (χ3n) is 4.89. The third kappa shape index (κ3) is 3.29. The van der Waals surface area contributed by atoms with Crippen LogP contribution in [0.1, 0.15) is 32.6 Å². The Morgan fingerprint density at radius 2 is 1.96 bits per heavy atom. The minimum Gasteiger partial charge on any atom is -0.353 e. The largest absolute Gasteiger partial charge is 0.358 e. The molecule has 0 bridgehead atoms. The summed E-state index contributed by atoms with van der Waals surface area (Å²) in [7, 11) is 3.09. The maximum atomic E-state index is 12.5. The van der Waals surface area contributed by atoms with Gasteiger partial charge in [-0.15, -0.1) is 0 Å². The molecule has 2 aliphatic heterocycles. The van der Waals surface area contributed by atoms with Gasteiger partial charge in [-0.2, -0.15) is 0 Å². The number of rotatable bonds is 4. The number of carbonyl (C=O) groups excluding carboxylic acids is 3. The number of urea groups is 1. The van der Waals surface area contributed by atoms with Gasteiger partial charge in [-0.1, -0.05) is 12.8 Å². The number of nitrogens with one attached hydrogen (secondary N) is 1. The van der Waals surface area contributed by atoms with Gasteiger partial charge in [-0.25, -0.2) is 9.37 Å². The lowest BCUT2D eigenvalue weighted by Crippen LogP contribution is -2.61. The summed E-state index contributed by atoms with van der Waals surface area (Å²) < 4.78 is 1.85. The van der Waals surface area contributed by atoms with E-state index in [2.05, 4.69) is 10.3 Å². The molecular weight excluding hydrogens is 342 g/mol. The highest BCUT2D eigenvalue weighted by Crippen LogP contribution is 2.23. The standard InChI is InChI=1S/C16H23N5O3S/c1-4-21-12-13(19(2)16(24)20(3)14(12)23)18-15(21)25-9-11(22)17-10-7-5-6-8-10/h10,12H,4-9H2,1-3H3/p+1. The molecule has 3 aliphatic rings. The number of aliphatic imine (C=N–C) groups is 1. The topological polar surface area (TPSA) is 85.1 Å². The molecule has 1 saturated heterocycles. The Morgan fingerprint density at radius 1 is 1.28 bits per heavy atom. The summed E-state index contributed by atoms with van der Waals surface area (Å²) in [5, 5.41) is 3.67. The summed E-state index contributed by atoms with van der Waals surface area (Å²) in [5.74, 6) is 0.403. The number of amides is 4. The molecule has 1 unspecified atom stereocenters. The zero-order chi connectivity index (χ0) is 18.1. The van der Waals surface area contributed by atoms with Crippen LogP contribution >= 0.6 is 11.8 Å². The van der Waals surface area contributed by atoms with Gasteiger partial charge in [0.15, 0.2) is 0 Å². The number of carbonyl (C=O) groups is 3. The van der Waals surface area contributed by atoms with Crippen LogP contribution in [-0.4, -0.2) is 81.7 Å². The van der Waals surface area contributed by atoms with E-state index in [1.54, 1.807) is 7.05 Å². The van der Waals surface area contributed by atoms with E-state index >= 15 is 0 Å². The monoisotopic (exact) mass is 366 g/mol. The molecule has 3 rings (SSSR count).